The topological polar surface area (TPSA) is 97.0 Å². The molecule has 5 N–H and O–H groups in total. The Balaban J connectivity index is 2.22. The minimum absolute atomic E-state index is 0.0814. The van der Waals surface area contributed by atoms with Crippen LogP contribution in [0, 0.1) is 0 Å². The molecule has 0 amide bonds. The number of phenolic OH excluding ortho intramolecular Hbond substituents is 1. The van der Waals surface area contributed by atoms with Gasteiger partial charge in [-0.15, -0.1) is 5.10 Å². The lowest BCUT2D eigenvalue weighted by molar-refractivity contribution is 0.477. The molecule has 0 spiro atoms. The summed E-state index contributed by atoms with van der Waals surface area (Å²) in [7, 11) is 0. The van der Waals surface area contributed by atoms with E-state index in [2.05, 4.69) is 10.2 Å². The second-order valence-electron chi connectivity index (χ2n) is 3.91. The first-order valence-corrected chi connectivity index (χ1v) is 5.67. The van der Waals surface area contributed by atoms with Crippen molar-refractivity contribution >= 4 is 12.2 Å². The highest BCUT2D eigenvalue weighted by Crippen LogP contribution is 2.28. The van der Waals surface area contributed by atoms with Crippen LogP contribution in [0.2, 0.25) is 0 Å². The van der Waals surface area contributed by atoms with Crippen LogP contribution in [0.15, 0.2) is 58.7 Å². The molecule has 0 fully saturated rings. The van der Waals surface area contributed by atoms with Crippen molar-refractivity contribution in [3.05, 3.63) is 54.1 Å². The normalized spacial score (nSPS) is 10.5. The number of benzene rings is 2. The number of phenols is 1. The number of para-hydroxylation sites is 1. The molecule has 96 valence electrons. The molecule has 0 unspecified atom stereocenters. The standard InChI is InChI=1S/C14H14N4O/c15-14(16)18-17-9-10-5-7-11(8-6-10)12-3-1-2-4-13(12)19/h1-9,19H,(H4,15,16,18). The van der Waals surface area contributed by atoms with Crippen molar-refractivity contribution in [2.75, 3.05) is 0 Å². The van der Waals surface area contributed by atoms with Gasteiger partial charge in [-0.05, 0) is 17.2 Å². The average Bonchev–Trinajstić information content (AvgIpc) is 2.40. The van der Waals surface area contributed by atoms with E-state index in [1.165, 1.54) is 0 Å². The van der Waals surface area contributed by atoms with E-state index in [1.54, 1.807) is 18.3 Å². The zero-order chi connectivity index (χ0) is 13.7. The van der Waals surface area contributed by atoms with Crippen LogP contribution in [0.5, 0.6) is 5.75 Å². The van der Waals surface area contributed by atoms with Crippen molar-refractivity contribution < 1.29 is 5.11 Å². The fourth-order valence-corrected chi connectivity index (χ4v) is 1.63. The molecule has 0 aromatic heterocycles. The second-order valence-corrected chi connectivity index (χ2v) is 3.91. The Hall–Kier alpha value is -2.82. The second kappa shape index (κ2) is 5.68. The number of rotatable bonds is 3. The summed E-state index contributed by atoms with van der Waals surface area (Å²) in [6.07, 6.45) is 1.55. The molecule has 5 nitrogen and oxygen atoms in total. The highest BCUT2D eigenvalue weighted by atomic mass is 16.3. The van der Waals surface area contributed by atoms with E-state index < -0.39 is 0 Å². The summed E-state index contributed by atoms with van der Waals surface area (Å²) >= 11 is 0. The fraction of sp³-hybridized carbons (Fsp3) is 0. The zero-order valence-corrected chi connectivity index (χ0v) is 10.2. The van der Waals surface area contributed by atoms with Gasteiger partial charge in [0.2, 0.25) is 5.96 Å². The third-order valence-corrected chi connectivity index (χ3v) is 2.51. The number of guanidine groups is 1. The minimum Gasteiger partial charge on any atom is -0.507 e. The Bertz CT molecular complexity index is 614. The number of aromatic hydroxyl groups is 1. The summed E-state index contributed by atoms with van der Waals surface area (Å²) in [5.41, 5.74) is 12.9. The minimum atomic E-state index is -0.0814. The van der Waals surface area contributed by atoms with Gasteiger partial charge in [0.05, 0.1) is 6.21 Å². The molecule has 19 heavy (non-hydrogen) atoms. The van der Waals surface area contributed by atoms with Gasteiger partial charge in [0.15, 0.2) is 0 Å². The monoisotopic (exact) mass is 254 g/mol. The van der Waals surface area contributed by atoms with Crippen molar-refractivity contribution in [1.29, 1.82) is 0 Å². The van der Waals surface area contributed by atoms with Crippen LogP contribution < -0.4 is 11.5 Å². The Labute approximate surface area is 110 Å². The molecular formula is C14H14N4O. The van der Waals surface area contributed by atoms with Crippen LogP contribution in [-0.2, 0) is 0 Å². The van der Waals surface area contributed by atoms with Crippen molar-refractivity contribution in [1.82, 2.24) is 0 Å². The van der Waals surface area contributed by atoms with E-state index in [4.69, 9.17) is 11.5 Å². The molecule has 0 radical (unpaired) electrons. The average molecular weight is 254 g/mol. The smallest absolute Gasteiger partial charge is 0.211 e. The number of hydrogen-bond acceptors (Lipinski definition) is 3. The van der Waals surface area contributed by atoms with Crippen molar-refractivity contribution in [2.24, 2.45) is 21.7 Å². The van der Waals surface area contributed by atoms with E-state index >= 15 is 0 Å². The molecule has 2 aromatic carbocycles. The molecule has 0 saturated heterocycles. The third kappa shape index (κ3) is 3.32. The van der Waals surface area contributed by atoms with Crippen LogP contribution in [0.1, 0.15) is 5.56 Å². The number of nitrogens with two attached hydrogens (primary N) is 2. The van der Waals surface area contributed by atoms with Crippen molar-refractivity contribution in [3.8, 4) is 16.9 Å². The van der Waals surface area contributed by atoms with Gasteiger partial charge in [-0.25, -0.2) is 0 Å². The molecule has 0 aliphatic carbocycles. The van der Waals surface area contributed by atoms with Gasteiger partial charge < -0.3 is 16.6 Å². The van der Waals surface area contributed by atoms with E-state index in [0.717, 1.165) is 16.7 Å². The van der Waals surface area contributed by atoms with Gasteiger partial charge in [-0.3, -0.25) is 0 Å². The lowest BCUT2D eigenvalue weighted by Crippen LogP contribution is -2.21. The molecule has 0 aliphatic heterocycles. The fourth-order valence-electron chi connectivity index (χ4n) is 1.63. The molecule has 0 bridgehead atoms. The van der Waals surface area contributed by atoms with E-state index in [1.807, 2.05) is 36.4 Å². The molecular weight excluding hydrogens is 240 g/mol. The Morgan fingerprint density at radius 1 is 1.00 bits per heavy atom. The lowest BCUT2D eigenvalue weighted by Gasteiger charge is -2.04. The van der Waals surface area contributed by atoms with Crippen LogP contribution in [0.3, 0.4) is 0 Å². The molecule has 0 saturated carbocycles. The van der Waals surface area contributed by atoms with E-state index in [0.29, 0.717) is 0 Å². The number of hydrogen-bond donors (Lipinski definition) is 3. The SMILES string of the molecule is NC(N)=NN=Cc1ccc(-c2ccccc2O)cc1. The van der Waals surface area contributed by atoms with Crippen LogP contribution >= 0.6 is 0 Å². The van der Waals surface area contributed by atoms with Crippen molar-refractivity contribution in [3.63, 3.8) is 0 Å². The van der Waals surface area contributed by atoms with E-state index in [-0.39, 0.29) is 11.7 Å². The van der Waals surface area contributed by atoms with E-state index in [9.17, 15) is 5.11 Å². The maximum absolute atomic E-state index is 9.76. The molecule has 5 heteroatoms. The maximum atomic E-state index is 9.76. The van der Waals surface area contributed by atoms with Gasteiger partial charge >= 0.3 is 0 Å². The summed E-state index contributed by atoms with van der Waals surface area (Å²) in [6, 6.07) is 14.7. The van der Waals surface area contributed by atoms with Gasteiger partial charge in [-0.2, -0.15) is 5.10 Å². The first-order valence-electron chi connectivity index (χ1n) is 5.67. The predicted octanol–water partition coefficient (Wildman–Crippen LogP) is 1.67. The highest BCUT2D eigenvalue weighted by molar-refractivity contribution is 5.83. The van der Waals surface area contributed by atoms with Crippen molar-refractivity contribution in [2.45, 2.75) is 0 Å². The zero-order valence-electron chi connectivity index (χ0n) is 10.2. The van der Waals surface area contributed by atoms with Crippen LogP contribution in [0.25, 0.3) is 11.1 Å². The van der Waals surface area contributed by atoms with Crippen LogP contribution in [0.4, 0.5) is 0 Å². The Kier molecular flexibility index (Phi) is 3.78. The van der Waals surface area contributed by atoms with Gasteiger partial charge in [0.1, 0.15) is 5.75 Å². The summed E-state index contributed by atoms with van der Waals surface area (Å²) in [4.78, 5) is 0. The van der Waals surface area contributed by atoms with Gasteiger partial charge in [0.25, 0.3) is 0 Å². The molecule has 0 heterocycles. The lowest BCUT2D eigenvalue weighted by atomic mass is 10.0. The summed E-state index contributed by atoms with van der Waals surface area (Å²) in [5, 5.41) is 17.0. The summed E-state index contributed by atoms with van der Waals surface area (Å²) in [5.74, 6) is 0.173. The molecule has 0 aliphatic rings. The Morgan fingerprint density at radius 2 is 1.68 bits per heavy atom. The van der Waals surface area contributed by atoms with Gasteiger partial charge in [-0.1, -0.05) is 42.5 Å². The Morgan fingerprint density at radius 3 is 2.32 bits per heavy atom. The number of nitrogens with zero attached hydrogens (tertiary/aromatic N) is 2. The highest BCUT2D eigenvalue weighted by Gasteiger charge is 2.02. The van der Waals surface area contributed by atoms with Gasteiger partial charge in [0, 0.05) is 5.56 Å². The van der Waals surface area contributed by atoms with Crippen LogP contribution in [-0.4, -0.2) is 17.3 Å². The third-order valence-electron chi connectivity index (χ3n) is 2.51. The predicted molar refractivity (Wildman–Crippen MR) is 76.9 cm³/mol. The largest absolute Gasteiger partial charge is 0.507 e. The molecule has 2 rings (SSSR count). The molecule has 0 atom stereocenters. The summed E-state index contributed by atoms with van der Waals surface area (Å²) in [6.45, 7) is 0. The quantitative estimate of drug-likeness (QED) is 0.441. The molecule has 2 aromatic rings. The maximum Gasteiger partial charge on any atom is 0.211 e. The first kappa shape index (κ1) is 12.6. The summed E-state index contributed by atoms with van der Waals surface area (Å²) < 4.78 is 0. The first-order chi connectivity index (χ1) is 9.16.